The van der Waals surface area contributed by atoms with E-state index in [1.54, 1.807) is 0 Å². The van der Waals surface area contributed by atoms with Crippen molar-refractivity contribution in [1.29, 1.82) is 0 Å². The summed E-state index contributed by atoms with van der Waals surface area (Å²) in [5.74, 6) is 0.550. The summed E-state index contributed by atoms with van der Waals surface area (Å²) in [6.07, 6.45) is 3.36. The molecule has 3 heteroatoms. The lowest BCUT2D eigenvalue weighted by Crippen LogP contribution is -2.12. The van der Waals surface area contributed by atoms with Gasteiger partial charge >= 0.3 is 0 Å². The first-order valence-corrected chi connectivity index (χ1v) is 8.47. The fraction of sp³-hybridized carbons (Fsp3) is 0.350. The molecule has 120 valence electrons. The highest BCUT2D eigenvalue weighted by atomic mass is 16.1. The first-order chi connectivity index (χ1) is 11.3. The zero-order valence-corrected chi connectivity index (χ0v) is 13.6. The second kappa shape index (κ2) is 7.42. The van der Waals surface area contributed by atoms with Gasteiger partial charge in [0.2, 0.25) is 0 Å². The third kappa shape index (κ3) is 3.99. The third-order valence-electron chi connectivity index (χ3n) is 4.46. The van der Waals surface area contributed by atoms with Crippen molar-refractivity contribution in [3.63, 3.8) is 0 Å². The molecule has 0 spiro atoms. The van der Waals surface area contributed by atoms with Gasteiger partial charge in [0.05, 0.1) is 0 Å². The molecule has 1 amide bonds. The van der Waals surface area contributed by atoms with Gasteiger partial charge in [-0.05, 0) is 60.7 Å². The fourth-order valence-electron chi connectivity index (χ4n) is 3.09. The lowest BCUT2D eigenvalue weighted by Gasteiger charge is -2.10. The van der Waals surface area contributed by atoms with Crippen LogP contribution in [0.3, 0.4) is 0 Å². The monoisotopic (exact) mass is 308 g/mol. The number of rotatable bonds is 5. The molecule has 23 heavy (non-hydrogen) atoms. The lowest BCUT2D eigenvalue weighted by molar-refractivity contribution is 0.102. The van der Waals surface area contributed by atoms with Gasteiger partial charge in [-0.25, -0.2) is 0 Å². The van der Waals surface area contributed by atoms with E-state index in [1.165, 1.54) is 17.5 Å². The number of nitrogens with one attached hydrogen (secondary N) is 2. The van der Waals surface area contributed by atoms with Gasteiger partial charge in [-0.2, -0.15) is 0 Å². The van der Waals surface area contributed by atoms with E-state index in [4.69, 9.17) is 0 Å². The molecule has 3 rings (SSSR count). The average molecular weight is 308 g/mol. The molecule has 0 radical (unpaired) electrons. The predicted octanol–water partition coefficient (Wildman–Crippen LogP) is 3.97. The number of carbonyl (C=O) groups is 1. The van der Waals surface area contributed by atoms with Crippen LogP contribution in [0.1, 0.15) is 47.2 Å². The second-order valence-electron chi connectivity index (χ2n) is 6.21. The van der Waals surface area contributed by atoms with Crippen LogP contribution in [-0.2, 0) is 6.42 Å². The molecule has 1 atom stereocenters. The summed E-state index contributed by atoms with van der Waals surface area (Å²) < 4.78 is 0. The van der Waals surface area contributed by atoms with Crippen molar-refractivity contribution in [2.75, 3.05) is 18.4 Å². The van der Waals surface area contributed by atoms with E-state index in [-0.39, 0.29) is 5.91 Å². The van der Waals surface area contributed by atoms with E-state index in [0.29, 0.717) is 11.5 Å². The molecule has 1 heterocycles. The van der Waals surface area contributed by atoms with Crippen molar-refractivity contribution >= 4 is 11.6 Å². The van der Waals surface area contributed by atoms with Crippen LogP contribution < -0.4 is 10.6 Å². The Balaban J connectivity index is 1.62. The minimum atomic E-state index is -0.0525. The van der Waals surface area contributed by atoms with Crippen LogP contribution in [-0.4, -0.2) is 19.0 Å². The van der Waals surface area contributed by atoms with Crippen LogP contribution in [0.25, 0.3) is 0 Å². The lowest BCUT2D eigenvalue weighted by atomic mass is 9.98. The highest BCUT2D eigenvalue weighted by Gasteiger charge is 2.16. The van der Waals surface area contributed by atoms with Crippen molar-refractivity contribution in [3.8, 4) is 0 Å². The first-order valence-electron chi connectivity index (χ1n) is 8.47. The van der Waals surface area contributed by atoms with Crippen LogP contribution in [0.5, 0.6) is 0 Å². The van der Waals surface area contributed by atoms with Gasteiger partial charge in [0.1, 0.15) is 0 Å². The normalized spacial score (nSPS) is 17.2. The summed E-state index contributed by atoms with van der Waals surface area (Å²) >= 11 is 0. The summed E-state index contributed by atoms with van der Waals surface area (Å²) in [6.45, 7) is 4.30. The van der Waals surface area contributed by atoms with Gasteiger partial charge in [-0.3, -0.25) is 4.79 Å². The number of carbonyl (C=O) groups excluding carboxylic acids is 1. The predicted molar refractivity (Wildman–Crippen MR) is 95.1 cm³/mol. The van der Waals surface area contributed by atoms with Gasteiger partial charge in [0, 0.05) is 17.8 Å². The van der Waals surface area contributed by atoms with Crippen molar-refractivity contribution in [3.05, 3.63) is 65.2 Å². The van der Waals surface area contributed by atoms with E-state index in [1.807, 2.05) is 36.4 Å². The van der Waals surface area contributed by atoms with E-state index in [2.05, 4.69) is 29.7 Å². The van der Waals surface area contributed by atoms with Crippen LogP contribution >= 0.6 is 0 Å². The largest absolute Gasteiger partial charge is 0.322 e. The SMILES string of the molecule is CCCc1ccc(C(=O)Nc2ccc([C@H]3CCNC3)cc2)cc1. The summed E-state index contributed by atoms with van der Waals surface area (Å²) in [6, 6.07) is 16.1. The highest BCUT2D eigenvalue weighted by molar-refractivity contribution is 6.04. The van der Waals surface area contributed by atoms with Gasteiger partial charge in [-0.1, -0.05) is 37.6 Å². The summed E-state index contributed by atoms with van der Waals surface area (Å²) in [4.78, 5) is 12.3. The molecule has 0 aromatic heterocycles. The first kappa shape index (κ1) is 15.8. The van der Waals surface area contributed by atoms with Crippen molar-refractivity contribution in [1.82, 2.24) is 5.32 Å². The van der Waals surface area contributed by atoms with Crippen LogP contribution in [0.15, 0.2) is 48.5 Å². The maximum atomic E-state index is 12.3. The molecular weight excluding hydrogens is 284 g/mol. The topological polar surface area (TPSA) is 41.1 Å². The smallest absolute Gasteiger partial charge is 0.255 e. The molecule has 1 aliphatic heterocycles. The number of hydrogen-bond donors (Lipinski definition) is 2. The Morgan fingerprint density at radius 3 is 2.48 bits per heavy atom. The molecule has 1 saturated heterocycles. The van der Waals surface area contributed by atoms with E-state index < -0.39 is 0 Å². The number of anilines is 1. The van der Waals surface area contributed by atoms with Gasteiger partial charge in [0.25, 0.3) is 5.91 Å². The van der Waals surface area contributed by atoms with Gasteiger partial charge in [-0.15, -0.1) is 0 Å². The van der Waals surface area contributed by atoms with E-state index in [0.717, 1.165) is 31.6 Å². The van der Waals surface area contributed by atoms with E-state index in [9.17, 15) is 4.79 Å². The molecule has 2 aromatic rings. The Morgan fingerprint density at radius 1 is 1.13 bits per heavy atom. The summed E-state index contributed by atoms with van der Waals surface area (Å²) in [5.41, 5.74) is 4.17. The molecular formula is C20H24N2O. The number of aryl methyl sites for hydroxylation is 1. The van der Waals surface area contributed by atoms with E-state index >= 15 is 0 Å². The molecule has 3 nitrogen and oxygen atoms in total. The zero-order valence-electron chi connectivity index (χ0n) is 13.6. The molecule has 1 fully saturated rings. The Hall–Kier alpha value is -2.13. The number of benzene rings is 2. The quantitative estimate of drug-likeness (QED) is 0.877. The minimum absolute atomic E-state index is 0.0525. The van der Waals surface area contributed by atoms with Crippen LogP contribution in [0, 0.1) is 0 Å². The van der Waals surface area contributed by atoms with Crippen molar-refractivity contribution < 1.29 is 4.79 Å². The Morgan fingerprint density at radius 2 is 1.87 bits per heavy atom. The number of hydrogen-bond acceptors (Lipinski definition) is 2. The Bertz CT molecular complexity index is 640. The minimum Gasteiger partial charge on any atom is -0.322 e. The van der Waals surface area contributed by atoms with Crippen LogP contribution in [0.2, 0.25) is 0 Å². The molecule has 1 aliphatic rings. The highest BCUT2D eigenvalue weighted by Crippen LogP contribution is 2.23. The van der Waals surface area contributed by atoms with Gasteiger partial charge in [0.15, 0.2) is 0 Å². The molecule has 0 bridgehead atoms. The molecule has 0 saturated carbocycles. The summed E-state index contributed by atoms with van der Waals surface area (Å²) in [7, 11) is 0. The zero-order chi connectivity index (χ0) is 16.1. The van der Waals surface area contributed by atoms with Crippen LogP contribution in [0.4, 0.5) is 5.69 Å². The standard InChI is InChI=1S/C20H24N2O/c1-2-3-15-4-6-17(7-5-15)20(23)22-19-10-8-16(9-11-19)18-12-13-21-14-18/h4-11,18,21H,2-3,12-14H2,1H3,(H,22,23)/t18-/m0/s1. The second-order valence-corrected chi connectivity index (χ2v) is 6.21. The molecule has 0 unspecified atom stereocenters. The van der Waals surface area contributed by atoms with Crippen molar-refractivity contribution in [2.45, 2.75) is 32.1 Å². The summed E-state index contributed by atoms with van der Waals surface area (Å²) in [5, 5.41) is 6.36. The average Bonchev–Trinajstić information content (AvgIpc) is 3.11. The maximum absolute atomic E-state index is 12.3. The molecule has 2 aromatic carbocycles. The van der Waals surface area contributed by atoms with Crippen molar-refractivity contribution in [2.24, 2.45) is 0 Å². The fourth-order valence-corrected chi connectivity index (χ4v) is 3.09. The molecule has 0 aliphatic carbocycles. The molecule has 2 N–H and O–H groups in total. The maximum Gasteiger partial charge on any atom is 0.255 e. The third-order valence-corrected chi connectivity index (χ3v) is 4.46. The number of amides is 1. The Kier molecular flexibility index (Phi) is 5.09. The van der Waals surface area contributed by atoms with Gasteiger partial charge < -0.3 is 10.6 Å². The Labute approximate surface area is 138 Å².